The van der Waals surface area contributed by atoms with E-state index in [-0.39, 0.29) is 5.41 Å². The van der Waals surface area contributed by atoms with Crippen molar-refractivity contribution in [3.05, 3.63) is 163 Å². The Morgan fingerprint density at radius 3 is 1.54 bits per heavy atom. The SMILES string of the molecule is CC1(C)c2cc(Br)ccc2-c2cc3c(cc21)C(O)(c1ccccc1)c1ccc(Br)cc1C3(O)c1ccccc1. The maximum atomic E-state index is 13.0. The number of aliphatic hydroxyl groups is 2. The molecular weight excluding hydrogens is 612 g/mol. The minimum atomic E-state index is -1.48. The summed E-state index contributed by atoms with van der Waals surface area (Å²) in [7, 11) is 0. The van der Waals surface area contributed by atoms with Gasteiger partial charge < -0.3 is 10.2 Å². The molecule has 5 aromatic rings. The molecule has 0 bridgehead atoms. The van der Waals surface area contributed by atoms with Crippen LogP contribution in [0.1, 0.15) is 58.4 Å². The summed E-state index contributed by atoms with van der Waals surface area (Å²) in [5, 5.41) is 25.9. The Hall–Kier alpha value is -3.02. The van der Waals surface area contributed by atoms with E-state index in [0.717, 1.165) is 36.8 Å². The molecule has 0 aromatic heterocycles. The topological polar surface area (TPSA) is 40.5 Å². The molecule has 0 amide bonds. The van der Waals surface area contributed by atoms with Gasteiger partial charge in [0.15, 0.2) is 0 Å². The van der Waals surface area contributed by atoms with Crippen LogP contribution in [-0.4, -0.2) is 10.2 Å². The van der Waals surface area contributed by atoms with Crippen molar-refractivity contribution in [1.29, 1.82) is 0 Å². The van der Waals surface area contributed by atoms with Crippen LogP contribution in [-0.2, 0) is 16.6 Å². The lowest BCUT2D eigenvalue weighted by atomic mass is 9.62. The van der Waals surface area contributed by atoms with Crippen LogP contribution < -0.4 is 0 Å². The number of hydrogen-bond donors (Lipinski definition) is 2. The molecule has 0 radical (unpaired) electrons. The zero-order valence-corrected chi connectivity index (χ0v) is 24.7. The summed E-state index contributed by atoms with van der Waals surface area (Å²) in [6, 6.07) is 36.1. The standard InChI is InChI=1S/C35H26Br2O2/c1-33(2)28-17-23(36)13-15-25(28)26-19-31-32(20-29(26)33)34(38,21-9-5-3-6-10-21)27-16-14-24(37)18-30(27)35(31,39)22-11-7-4-8-12-22/h3-20,38-39H,1-2H3. The third kappa shape index (κ3) is 3.32. The van der Waals surface area contributed by atoms with Crippen molar-refractivity contribution < 1.29 is 10.2 Å². The Labute approximate surface area is 245 Å². The van der Waals surface area contributed by atoms with Gasteiger partial charge in [0.25, 0.3) is 0 Å². The van der Waals surface area contributed by atoms with E-state index < -0.39 is 11.2 Å². The van der Waals surface area contributed by atoms with E-state index in [1.165, 1.54) is 5.56 Å². The second-order valence-corrected chi connectivity index (χ2v) is 12.9. The van der Waals surface area contributed by atoms with E-state index >= 15 is 0 Å². The van der Waals surface area contributed by atoms with E-state index in [4.69, 9.17) is 0 Å². The quantitative estimate of drug-likeness (QED) is 0.204. The zero-order valence-electron chi connectivity index (χ0n) is 21.5. The van der Waals surface area contributed by atoms with Gasteiger partial charge in [0, 0.05) is 25.5 Å². The zero-order chi connectivity index (χ0) is 27.2. The van der Waals surface area contributed by atoms with E-state index in [9.17, 15) is 10.2 Å². The van der Waals surface area contributed by atoms with Gasteiger partial charge in [-0.15, -0.1) is 0 Å². The number of rotatable bonds is 2. The molecule has 0 saturated carbocycles. The van der Waals surface area contributed by atoms with Gasteiger partial charge in [-0.2, -0.15) is 0 Å². The maximum absolute atomic E-state index is 13.0. The van der Waals surface area contributed by atoms with Crippen LogP contribution in [0.2, 0.25) is 0 Å². The first-order valence-electron chi connectivity index (χ1n) is 13.0. The molecule has 0 heterocycles. The van der Waals surface area contributed by atoms with Gasteiger partial charge >= 0.3 is 0 Å². The summed E-state index contributed by atoms with van der Waals surface area (Å²) in [4.78, 5) is 0. The summed E-state index contributed by atoms with van der Waals surface area (Å²) in [5.74, 6) is 0. The average Bonchev–Trinajstić information content (AvgIpc) is 3.17. The second kappa shape index (κ2) is 8.49. The van der Waals surface area contributed by atoms with Gasteiger partial charge in [-0.05, 0) is 74.8 Å². The van der Waals surface area contributed by atoms with E-state index in [1.807, 2.05) is 78.9 Å². The molecule has 7 rings (SSSR count). The van der Waals surface area contributed by atoms with Gasteiger partial charge in [-0.25, -0.2) is 0 Å². The average molecular weight is 638 g/mol. The molecule has 2 nitrogen and oxygen atoms in total. The molecule has 5 aromatic carbocycles. The smallest absolute Gasteiger partial charge is 0.141 e. The van der Waals surface area contributed by atoms with Crippen LogP contribution in [0.15, 0.2) is 118 Å². The first-order valence-corrected chi connectivity index (χ1v) is 14.6. The van der Waals surface area contributed by atoms with E-state index in [1.54, 1.807) is 0 Å². The molecule has 0 fully saturated rings. The van der Waals surface area contributed by atoms with Crippen molar-refractivity contribution in [3.63, 3.8) is 0 Å². The molecule has 0 aliphatic heterocycles. The Morgan fingerprint density at radius 2 is 0.923 bits per heavy atom. The maximum Gasteiger partial charge on any atom is 0.141 e. The van der Waals surface area contributed by atoms with Crippen molar-refractivity contribution in [2.45, 2.75) is 30.5 Å². The molecule has 2 N–H and O–H groups in total. The van der Waals surface area contributed by atoms with E-state index in [2.05, 4.69) is 76.0 Å². The fourth-order valence-electron chi connectivity index (χ4n) is 6.75. The molecule has 2 atom stereocenters. The summed E-state index contributed by atoms with van der Waals surface area (Å²) in [5.41, 5.74) is 5.62. The van der Waals surface area contributed by atoms with Crippen LogP contribution in [0.3, 0.4) is 0 Å². The normalized spacial score (nSPS) is 22.0. The molecule has 2 unspecified atom stereocenters. The predicted octanol–water partition coefficient (Wildman–Crippen LogP) is 8.40. The van der Waals surface area contributed by atoms with Crippen molar-refractivity contribution in [3.8, 4) is 11.1 Å². The Bertz CT molecular complexity index is 1780. The van der Waals surface area contributed by atoms with Crippen LogP contribution in [0.5, 0.6) is 0 Å². The minimum Gasteiger partial charge on any atom is -0.376 e. The molecule has 0 saturated heterocycles. The van der Waals surface area contributed by atoms with Crippen molar-refractivity contribution in [2.24, 2.45) is 0 Å². The Morgan fingerprint density at radius 1 is 0.462 bits per heavy atom. The molecule has 2 aliphatic carbocycles. The predicted molar refractivity (Wildman–Crippen MR) is 163 cm³/mol. The van der Waals surface area contributed by atoms with Crippen LogP contribution in [0.25, 0.3) is 11.1 Å². The molecular formula is C35H26Br2O2. The van der Waals surface area contributed by atoms with Crippen LogP contribution in [0.4, 0.5) is 0 Å². The summed E-state index contributed by atoms with van der Waals surface area (Å²) >= 11 is 7.31. The van der Waals surface area contributed by atoms with Crippen molar-refractivity contribution in [1.82, 2.24) is 0 Å². The van der Waals surface area contributed by atoms with Gasteiger partial charge in [-0.1, -0.05) is 125 Å². The summed E-state index contributed by atoms with van der Waals surface area (Å²) in [6.45, 7) is 4.46. The number of benzene rings is 5. The highest BCUT2D eigenvalue weighted by atomic mass is 79.9. The van der Waals surface area contributed by atoms with Gasteiger partial charge in [0.1, 0.15) is 11.2 Å². The highest BCUT2D eigenvalue weighted by Gasteiger charge is 2.52. The fraction of sp³-hybridized carbons (Fsp3) is 0.143. The second-order valence-electron chi connectivity index (χ2n) is 11.1. The summed E-state index contributed by atoms with van der Waals surface area (Å²) < 4.78 is 1.87. The monoisotopic (exact) mass is 636 g/mol. The lowest BCUT2D eigenvalue weighted by Crippen LogP contribution is -2.44. The lowest BCUT2D eigenvalue weighted by molar-refractivity contribution is 0.0746. The number of hydrogen-bond acceptors (Lipinski definition) is 2. The molecule has 2 aliphatic rings. The van der Waals surface area contributed by atoms with Gasteiger partial charge in [0.2, 0.25) is 0 Å². The van der Waals surface area contributed by atoms with Gasteiger partial charge in [0.05, 0.1) is 0 Å². The number of fused-ring (bicyclic) bond motifs is 5. The third-order valence-corrected chi connectivity index (χ3v) is 9.69. The summed E-state index contributed by atoms with van der Waals surface area (Å²) in [6.07, 6.45) is 0. The minimum absolute atomic E-state index is 0.286. The molecule has 39 heavy (non-hydrogen) atoms. The Kier molecular flexibility index (Phi) is 5.44. The highest BCUT2D eigenvalue weighted by Crippen LogP contribution is 2.58. The number of halogens is 2. The largest absolute Gasteiger partial charge is 0.376 e. The molecule has 0 spiro atoms. The Balaban J connectivity index is 1.66. The lowest BCUT2D eigenvalue weighted by Gasteiger charge is -2.46. The molecule has 192 valence electrons. The first kappa shape index (κ1) is 25.0. The third-order valence-electron chi connectivity index (χ3n) is 8.70. The van der Waals surface area contributed by atoms with Crippen molar-refractivity contribution in [2.75, 3.05) is 0 Å². The van der Waals surface area contributed by atoms with Crippen molar-refractivity contribution >= 4 is 31.9 Å². The first-order chi connectivity index (χ1) is 18.7. The van der Waals surface area contributed by atoms with Crippen LogP contribution in [0, 0.1) is 0 Å². The fourth-order valence-corrected chi connectivity index (χ4v) is 7.48. The van der Waals surface area contributed by atoms with Crippen LogP contribution >= 0.6 is 31.9 Å². The van der Waals surface area contributed by atoms with E-state index in [0.29, 0.717) is 22.3 Å². The van der Waals surface area contributed by atoms with Gasteiger partial charge in [-0.3, -0.25) is 0 Å². The molecule has 4 heteroatoms. The highest BCUT2D eigenvalue weighted by molar-refractivity contribution is 9.10.